The molecule has 1 aromatic carbocycles. The van der Waals surface area contributed by atoms with Crippen LogP contribution in [0.15, 0.2) is 29.6 Å². The number of hydrogen-bond acceptors (Lipinski definition) is 2. The van der Waals surface area contributed by atoms with Crippen LogP contribution < -0.4 is 5.32 Å². The summed E-state index contributed by atoms with van der Waals surface area (Å²) in [5.74, 6) is 0.898. The predicted octanol–water partition coefficient (Wildman–Crippen LogP) is 5.53. The number of anilines is 1. The maximum atomic E-state index is 3.85. The Hall–Kier alpha value is -1.02. The molecule has 2 aliphatic carbocycles. The molecule has 2 fully saturated rings. The van der Waals surface area contributed by atoms with Gasteiger partial charge in [0.2, 0.25) is 0 Å². The first-order valence-electron chi connectivity index (χ1n) is 7.74. The maximum absolute atomic E-state index is 3.85. The highest BCUT2D eigenvalue weighted by Gasteiger charge is 2.61. The Morgan fingerprint density at radius 3 is 2.75 bits per heavy atom. The second kappa shape index (κ2) is 4.00. The normalized spacial score (nSPS) is 34.8. The van der Waals surface area contributed by atoms with Crippen molar-refractivity contribution in [3.63, 3.8) is 0 Å². The van der Waals surface area contributed by atoms with Crippen molar-refractivity contribution in [1.29, 1.82) is 0 Å². The van der Waals surface area contributed by atoms with Crippen LogP contribution in [0, 0.1) is 16.7 Å². The molecule has 1 heterocycles. The van der Waals surface area contributed by atoms with Gasteiger partial charge >= 0.3 is 0 Å². The topological polar surface area (TPSA) is 12.0 Å². The van der Waals surface area contributed by atoms with Crippen molar-refractivity contribution in [3.8, 4) is 0 Å². The van der Waals surface area contributed by atoms with E-state index in [1.165, 1.54) is 35.0 Å². The monoisotopic (exact) mass is 285 g/mol. The molecule has 0 amide bonds. The van der Waals surface area contributed by atoms with E-state index in [0.717, 1.165) is 5.92 Å². The highest BCUT2D eigenvalue weighted by atomic mass is 32.1. The van der Waals surface area contributed by atoms with E-state index in [-0.39, 0.29) is 0 Å². The van der Waals surface area contributed by atoms with E-state index in [4.69, 9.17) is 0 Å². The molecule has 0 spiro atoms. The van der Waals surface area contributed by atoms with Crippen molar-refractivity contribution >= 4 is 27.1 Å². The number of nitrogens with one attached hydrogen (secondary N) is 1. The van der Waals surface area contributed by atoms with Crippen LogP contribution in [-0.4, -0.2) is 6.04 Å². The summed E-state index contributed by atoms with van der Waals surface area (Å²) in [6.07, 6.45) is 4.14. The van der Waals surface area contributed by atoms with Crippen molar-refractivity contribution in [3.05, 3.63) is 29.6 Å². The summed E-state index contributed by atoms with van der Waals surface area (Å²) in [4.78, 5) is 0. The summed E-state index contributed by atoms with van der Waals surface area (Å²) < 4.78 is 1.38. The van der Waals surface area contributed by atoms with Gasteiger partial charge in [-0.25, -0.2) is 0 Å². The van der Waals surface area contributed by atoms with E-state index in [0.29, 0.717) is 16.9 Å². The Bertz CT molecular complexity index is 656. The van der Waals surface area contributed by atoms with E-state index >= 15 is 0 Å². The summed E-state index contributed by atoms with van der Waals surface area (Å²) in [5, 5.41) is 7.40. The molecule has 2 bridgehead atoms. The number of thiophene rings is 1. The molecule has 106 valence electrons. The molecule has 20 heavy (non-hydrogen) atoms. The smallest absolute Gasteiger partial charge is 0.0349 e. The standard InChI is InChI=1S/C18H23NS/c1-17(2)13-6-8-18(17,3)16(11-13)19-14-4-5-15-12(10-14)7-9-20-15/h4-5,7,9-10,13,16,19H,6,8,11H2,1-3H3. The first-order chi connectivity index (χ1) is 9.50. The molecule has 0 saturated heterocycles. The van der Waals surface area contributed by atoms with Gasteiger partial charge < -0.3 is 5.32 Å². The molecule has 2 heteroatoms. The first kappa shape index (κ1) is 12.7. The number of rotatable bonds is 2. The van der Waals surface area contributed by atoms with Crippen LogP contribution in [-0.2, 0) is 0 Å². The molecule has 4 rings (SSSR count). The van der Waals surface area contributed by atoms with Crippen molar-refractivity contribution < 1.29 is 0 Å². The summed E-state index contributed by atoms with van der Waals surface area (Å²) in [7, 11) is 0. The number of hydrogen-bond donors (Lipinski definition) is 1. The highest BCUT2D eigenvalue weighted by molar-refractivity contribution is 7.17. The minimum Gasteiger partial charge on any atom is -0.382 e. The second-order valence-corrected chi connectivity index (χ2v) is 8.43. The lowest BCUT2D eigenvalue weighted by atomic mass is 9.69. The van der Waals surface area contributed by atoms with Crippen molar-refractivity contribution in [1.82, 2.24) is 0 Å². The van der Waals surface area contributed by atoms with Gasteiger partial charge in [0.25, 0.3) is 0 Å². The van der Waals surface area contributed by atoms with Gasteiger partial charge in [-0.3, -0.25) is 0 Å². The minimum atomic E-state index is 0.446. The lowest BCUT2D eigenvalue weighted by molar-refractivity contribution is 0.142. The van der Waals surface area contributed by atoms with Gasteiger partial charge in [0, 0.05) is 16.4 Å². The van der Waals surface area contributed by atoms with Crippen LogP contribution in [0.2, 0.25) is 0 Å². The van der Waals surface area contributed by atoms with Crippen LogP contribution in [0.5, 0.6) is 0 Å². The molecule has 0 radical (unpaired) electrons. The van der Waals surface area contributed by atoms with Gasteiger partial charge in [0.15, 0.2) is 0 Å². The lowest BCUT2D eigenvalue weighted by Gasteiger charge is -2.40. The van der Waals surface area contributed by atoms with E-state index in [1.807, 2.05) is 11.3 Å². The summed E-state index contributed by atoms with van der Waals surface area (Å²) in [6.45, 7) is 7.46. The van der Waals surface area contributed by atoms with Crippen LogP contribution in [0.4, 0.5) is 5.69 Å². The van der Waals surface area contributed by atoms with Crippen LogP contribution in [0.3, 0.4) is 0 Å². The Morgan fingerprint density at radius 2 is 2.05 bits per heavy atom. The first-order valence-corrected chi connectivity index (χ1v) is 8.62. The molecule has 3 unspecified atom stereocenters. The lowest BCUT2D eigenvalue weighted by Crippen LogP contribution is -2.40. The van der Waals surface area contributed by atoms with E-state index in [9.17, 15) is 0 Å². The molecular weight excluding hydrogens is 262 g/mol. The van der Waals surface area contributed by atoms with Gasteiger partial charge in [-0.2, -0.15) is 0 Å². The average molecular weight is 285 g/mol. The Balaban J connectivity index is 1.63. The van der Waals surface area contributed by atoms with E-state index in [2.05, 4.69) is 55.7 Å². The number of benzene rings is 1. The molecule has 3 atom stereocenters. The zero-order valence-electron chi connectivity index (χ0n) is 12.6. The van der Waals surface area contributed by atoms with Gasteiger partial charge in [-0.1, -0.05) is 20.8 Å². The molecule has 1 nitrogen and oxygen atoms in total. The summed E-state index contributed by atoms with van der Waals surface area (Å²) >= 11 is 1.82. The quantitative estimate of drug-likeness (QED) is 0.765. The molecule has 1 N–H and O–H groups in total. The third-order valence-corrected chi connectivity index (χ3v) is 7.49. The molecule has 0 aliphatic heterocycles. The van der Waals surface area contributed by atoms with Gasteiger partial charge in [-0.15, -0.1) is 11.3 Å². The van der Waals surface area contributed by atoms with Gasteiger partial charge in [0.1, 0.15) is 0 Å². The fraction of sp³-hybridized carbons (Fsp3) is 0.556. The highest BCUT2D eigenvalue weighted by Crippen LogP contribution is 2.65. The molecule has 2 aliphatic rings. The van der Waals surface area contributed by atoms with Crippen LogP contribution in [0.25, 0.3) is 10.1 Å². The third kappa shape index (κ3) is 1.54. The summed E-state index contributed by atoms with van der Waals surface area (Å²) in [6, 6.07) is 9.67. The predicted molar refractivity (Wildman–Crippen MR) is 88.5 cm³/mol. The largest absolute Gasteiger partial charge is 0.382 e. The van der Waals surface area contributed by atoms with Crippen molar-refractivity contribution in [2.75, 3.05) is 5.32 Å². The average Bonchev–Trinajstić information content (AvgIpc) is 3.00. The maximum Gasteiger partial charge on any atom is 0.0349 e. The Labute approximate surface area is 125 Å². The Morgan fingerprint density at radius 1 is 1.20 bits per heavy atom. The van der Waals surface area contributed by atoms with Crippen molar-refractivity contribution in [2.24, 2.45) is 16.7 Å². The second-order valence-electron chi connectivity index (χ2n) is 7.48. The van der Waals surface area contributed by atoms with Crippen LogP contribution in [0.1, 0.15) is 40.0 Å². The third-order valence-electron chi connectivity index (χ3n) is 6.59. The number of fused-ring (bicyclic) bond motifs is 3. The van der Waals surface area contributed by atoms with Gasteiger partial charge in [-0.05, 0) is 71.0 Å². The fourth-order valence-corrected chi connectivity index (χ4v) is 5.45. The zero-order valence-corrected chi connectivity index (χ0v) is 13.4. The van der Waals surface area contributed by atoms with Crippen LogP contribution >= 0.6 is 11.3 Å². The Kier molecular flexibility index (Phi) is 2.54. The summed E-state index contributed by atoms with van der Waals surface area (Å²) in [5.41, 5.74) is 2.23. The van der Waals surface area contributed by atoms with Gasteiger partial charge in [0.05, 0.1) is 0 Å². The minimum absolute atomic E-state index is 0.446. The van der Waals surface area contributed by atoms with E-state index < -0.39 is 0 Å². The zero-order chi connectivity index (χ0) is 14.0. The van der Waals surface area contributed by atoms with E-state index in [1.54, 1.807) is 0 Å². The SMILES string of the molecule is CC1(C)C2CCC1(C)C(Nc1ccc3sccc3c1)C2. The van der Waals surface area contributed by atoms with Crippen molar-refractivity contribution in [2.45, 2.75) is 46.1 Å². The fourth-order valence-electron chi connectivity index (χ4n) is 4.68. The molecule has 2 aromatic rings. The molecule has 2 saturated carbocycles. The molecular formula is C18H23NS. The molecule has 1 aromatic heterocycles.